The Bertz CT molecular complexity index is 468. The summed E-state index contributed by atoms with van der Waals surface area (Å²) in [6, 6.07) is 13.4. The van der Waals surface area contributed by atoms with E-state index in [0.29, 0.717) is 6.04 Å². The van der Waals surface area contributed by atoms with Crippen LogP contribution in [0.3, 0.4) is 0 Å². The second kappa shape index (κ2) is 5.73. The van der Waals surface area contributed by atoms with E-state index in [2.05, 4.69) is 47.5 Å². The van der Waals surface area contributed by atoms with E-state index in [-0.39, 0.29) is 0 Å². The molecular formula is C19H28N2. The first-order chi connectivity index (χ1) is 10.4. The van der Waals surface area contributed by atoms with Gasteiger partial charge >= 0.3 is 0 Å². The number of piperazine rings is 1. The van der Waals surface area contributed by atoms with E-state index in [1.807, 2.05) is 0 Å². The molecule has 2 saturated carbocycles. The number of benzene rings is 1. The molecule has 3 fully saturated rings. The summed E-state index contributed by atoms with van der Waals surface area (Å²) in [5.74, 6) is 1.94. The summed E-state index contributed by atoms with van der Waals surface area (Å²) in [7, 11) is 0. The second-order valence-electron chi connectivity index (χ2n) is 7.33. The largest absolute Gasteiger partial charge is 0.311 e. The van der Waals surface area contributed by atoms with Crippen LogP contribution in [0.25, 0.3) is 0 Å². The summed E-state index contributed by atoms with van der Waals surface area (Å²) in [4.78, 5) is 2.86. The lowest BCUT2D eigenvalue weighted by molar-refractivity contribution is 0.107. The van der Waals surface area contributed by atoms with Gasteiger partial charge in [-0.3, -0.25) is 4.90 Å². The van der Waals surface area contributed by atoms with Crippen molar-refractivity contribution in [2.45, 2.75) is 57.2 Å². The molecule has 2 nitrogen and oxygen atoms in total. The Morgan fingerprint density at radius 3 is 2.71 bits per heavy atom. The second-order valence-corrected chi connectivity index (χ2v) is 7.33. The predicted molar refractivity (Wildman–Crippen MR) is 87.2 cm³/mol. The Balaban J connectivity index is 1.51. The minimum Gasteiger partial charge on any atom is -0.311 e. The predicted octanol–water partition coefficient (Wildman–Crippen LogP) is 3.60. The third-order valence-corrected chi connectivity index (χ3v) is 5.73. The lowest BCUT2D eigenvalue weighted by Gasteiger charge is -2.41. The SMILES string of the molecule is CCCC1CC1N1CC(C2CC2)NCC1c1ccccc1. The summed E-state index contributed by atoms with van der Waals surface area (Å²) in [5, 5.41) is 3.85. The molecule has 4 rings (SSSR count). The Morgan fingerprint density at radius 1 is 1.19 bits per heavy atom. The van der Waals surface area contributed by atoms with E-state index in [1.165, 1.54) is 44.2 Å². The maximum atomic E-state index is 3.85. The van der Waals surface area contributed by atoms with Crippen LogP contribution in [0.4, 0.5) is 0 Å². The van der Waals surface area contributed by atoms with Crippen molar-refractivity contribution in [1.29, 1.82) is 0 Å². The number of nitrogens with zero attached hydrogens (tertiary/aromatic N) is 1. The monoisotopic (exact) mass is 284 g/mol. The number of nitrogens with one attached hydrogen (secondary N) is 1. The van der Waals surface area contributed by atoms with E-state index in [9.17, 15) is 0 Å². The third-order valence-electron chi connectivity index (χ3n) is 5.73. The zero-order valence-corrected chi connectivity index (χ0v) is 13.2. The van der Waals surface area contributed by atoms with Gasteiger partial charge in [0.15, 0.2) is 0 Å². The molecule has 1 aliphatic heterocycles. The van der Waals surface area contributed by atoms with Crippen LogP contribution in [-0.2, 0) is 0 Å². The van der Waals surface area contributed by atoms with Crippen molar-refractivity contribution >= 4 is 0 Å². The molecule has 114 valence electrons. The lowest BCUT2D eigenvalue weighted by atomic mass is 9.98. The van der Waals surface area contributed by atoms with E-state index >= 15 is 0 Å². The first kappa shape index (κ1) is 13.8. The highest BCUT2D eigenvalue weighted by molar-refractivity contribution is 5.22. The zero-order valence-electron chi connectivity index (χ0n) is 13.2. The Labute approximate surface area is 128 Å². The lowest BCUT2D eigenvalue weighted by Crippen LogP contribution is -2.54. The fourth-order valence-corrected chi connectivity index (χ4v) is 4.28. The molecular weight excluding hydrogens is 256 g/mol. The summed E-state index contributed by atoms with van der Waals surface area (Å²) in [6.07, 6.45) is 7.10. The fraction of sp³-hybridized carbons (Fsp3) is 0.684. The maximum Gasteiger partial charge on any atom is 0.0476 e. The molecule has 0 radical (unpaired) electrons. The molecule has 0 aromatic heterocycles. The smallest absolute Gasteiger partial charge is 0.0476 e. The quantitative estimate of drug-likeness (QED) is 0.889. The molecule has 1 aromatic carbocycles. The normalized spacial score (nSPS) is 36.6. The van der Waals surface area contributed by atoms with Crippen molar-refractivity contribution in [2.75, 3.05) is 13.1 Å². The molecule has 1 saturated heterocycles. The van der Waals surface area contributed by atoms with Gasteiger partial charge in [0.1, 0.15) is 0 Å². The van der Waals surface area contributed by atoms with Gasteiger partial charge in [0.25, 0.3) is 0 Å². The zero-order chi connectivity index (χ0) is 14.2. The van der Waals surface area contributed by atoms with Gasteiger partial charge in [-0.15, -0.1) is 0 Å². The van der Waals surface area contributed by atoms with Gasteiger partial charge in [-0.2, -0.15) is 0 Å². The Morgan fingerprint density at radius 2 is 2.00 bits per heavy atom. The molecule has 2 aliphatic carbocycles. The van der Waals surface area contributed by atoms with Crippen molar-refractivity contribution in [3.05, 3.63) is 35.9 Å². The molecule has 0 spiro atoms. The van der Waals surface area contributed by atoms with Crippen molar-refractivity contribution in [3.8, 4) is 0 Å². The van der Waals surface area contributed by atoms with Crippen molar-refractivity contribution in [2.24, 2.45) is 11.8 Å². The van der Waals surface area contributed by atoms with Gasteiger partial charge in [-0.05, 0) is 43.1 Å². The van der Waals surface area contributed by atoms with Crippen molar-refractivity contribution in [3.63, 3.8) is 0 Å². The van der Waals surface area contributed by atoms with Gasteiger partial charge < -0.3 is 5.32 Å². The highest BCUT2D eigenvalue weighted by atomic mass is 15.3. The van der Waals surface area contributed by atoms with Crippen LogP contribution >= 0.6 is 0 Å². The van der Waals surface area contributed by atoms with Crippen LogP contribution in [0.2, 0.25) is 0 Å². The minimum atomic E-state index is 0.591. The van der Waals surface area contributed by atoms with Crippen LogP contribution in [0, 0.1) is 11.8 Å². The molecule has 4 unspecified atom stereocenters. The average molecular weight is 284 g/mol. The molecule has 3 aliphatic rings. The minimum absolute atomic E-state index is 0.591. The highest BCUT2D eigenvalue weighted by Crippen LogP contribution is 2.45. The molecule has 1 N–H and O–H groups in total. The summed E-state index contributed by atoms with van der Waals surface area (Å²) < 4.78 is 0. The topological polar surface area (TPSA) is 15.3 Å². The van der Waals surface area contributed by atoms with E-state index in [0.717, 1.165) is 30.5 Å². The van der Waals surface area contributed by atoms with Gasteiger partial charge in [-0.1, -0.05) is 43.7 Å². The summed E-state index contributed by atoms with van der Waals surface area (Å²) in [5.41, 5.74) is 1.50. The summed E-state index contributed by atoms with van der Waals surface area (Å²) in [6.45, 7) is 4.74. The van der Waals surface area contributed by atoms with Gasteiger partial charge in [0.2, 0.25) is 0 Å². The van der Waals surface area contributed by atoms with Crippen molar-refractivity contribution in [1.82, 2.24) is 10.2 Å². The van der Waals surface area contributed by atoms with Crippen LogP contribution in [0.5, 0.6) is 0 Å². The van der Waals surface area contributed by atoms with E-state index < -0.39 is 0 Å². The maximum absolute atomic E-state index is 3.85. The molecule has 0 amide bonds. The average Bonchev–Trinajstić information content (AvgIpc) is 3.42. The standard InChI is InChI=1S/C19H28N2/c1-2-6-16-11-18(16)21-13-17(14-9-10-14)20-12-19(21)15-7-4-3-5-8-15/h3-5,7-8,14,16-20H,2,6,9-13H2,1H3. The molecule has 4 atom stereocenters. The molecule has 1 aromatic rings. The number of hydrogen-bond acceptors (Lipinski definition) is 2. The van der Waals surface area contributed by atoms with Gasteiger partial charge in [-0.25, -0.2) is 0 Å². The molecule has 2 heteroatoms. The molecule has 0 bridgehead atoms. The highest BCUT2D eigenvalue weighted by Gasteiger charge is 2.47. The third kappa shape index (κ3) is 2.89. The van der Waals surface area contributed by atoms with Crippen molar-refractivity contribution < 1.29 is 0 Å². The Hall–Kier alpha value is -0.860. The van der Waals surface area contributed by atoms with E-state index in [1.54, 1.807) is 0 Å². The summed E-state index contributed by atoms with van der Waals surface area (Å²) >= 11 is 0. The first-order valence-electron chi connectivity index (χ1n) is 8.91. The molecule has 21 heavy (non-hydrogen) atoms. The van der Waals surface area contributed by atoms with Gasteiger partial charge in [0, 0.05) is 31.2 Å². The number of hydrogen-bond donors (Lipinski definition) is 1. The van der Waals surface area contributed by atoms with E-state index in [4.69, 9.17) is 0 Å². The van der Waals surface area contributed by atoms with Crippen LogP contribution in [0.15, 0.2) is 30.3 Å². The van der Waals surface area contributed by atoms with Crippen LogP contribution in [-0.4, -0.2) is 30.1 Å². The molecule has 1 heterocycles. The number of rotatable bonds is 5. The van der Waals surface area contributed by atoms with Gasteiger partial charge in [0.05, 0.1) is 0 Å². The first-order valence-corrected chi connectivity index (χ1v) is 8.91. The van der Waals surface area contributed by atoms with Crippen LogP contribution < -0.4 is 5.32 Å². The fourth-order valence-electron chi connectivity index (χ4n) is 4.28. The van der Waals surface area contributed by atoms with Crippen LogP contribution in [0.1, 0.15) is 50.6 Å². The Kier molecular flexibility index (Phi) is 3.76.